The Kier molecular flexibility index (Phi) is 8.63. The molecule has 1 aliphatic carbocycles. The Morgan fingerprint density at radius 1 is 1.04 bits per heavy atom. The van der Waals surface area contributed by atoms with Gasteiger partial charge in [-0.2, -0.15) is 5.10 Å². The maximum Gasteiger partial charge on any atom is 0.342 e. The number of rotatable bonds is 9. The maximum atomic E-state index is 12.2. The second-order valence-corrected chi connectivity index (χ2v) is 11.8. The van der Waals surface area contributed by atoms with E-state index < -0.39 is 12.1 Å². The van der Waals surface area contributed by atoms with Gasteiger partial charge in [-0.25, -0.2) is 9.48 Å². The highest BCUT2D eigenvalue weighted by atomic mass is 16.5. The number of ether oxygens (including phenoxy) is 2. The van der Waals surface area contributed by atoms with Crippen LogP contribution in [0.1, 0.15) is 77.7 Å². The van der Waals surface area contributed by atoms with Crippen molar-refractivity contribution in [2.45, 2.75) is 64.1 Å². The monoisotopic (exact) mass is 609 g/mol. The molecule has 1 fully saturated rings. The first-order valence-electron chi connectivity index (χ1n) is 15.6. The van der Waals surface area contributed by atoms with Gasteiger partial charge in [-0.1, -0.05) is 43.3 Å². The summed E-state index contributed by atoms with van der Waals surface area (Å²) in [6.07, 6.45) is 4.68. The number of piperidine rings is 1. The van der Waals surface area contributed by atoms with Crippen molar-refractivity contribution in [3.05, 3.63) is 94.7 Å². The number of carboxylic acid groups (broad SMARTS) is 1. The summed E-state index contributed by atoms with van der Waals surface area (Å²) in [4.78, 5) is 25.7. The lowest BCUT2D eigenvalue weighted by molar-refractivity contribution is -0.140. The number of amides is 1. The molecule has 2 N–H and O–H groups in total. The Bertz CT molecular complexity index is 1720. The molecule has 0 spiro atoms. The minimum Gasteiger partial charge on any atom is -0.486 e. The first kappa shape index (κ1) is 30.4. The van der Waals surface area contributed by atoms with Gasteiger partial charge in [-0.3, -0.25) is 4.79 Å². The summed E-state index contributed by atoms with van der Waals surface area (Å²) in [7, 11) is 1.44. The second kappa shape index (κ2) is 12.8. The van der Waals surface area contributed by atoms with E-state index in [4.69, 9.17) is 9.47 Å². The summed E-state index contributed by atoms with van der Waals surface area (Å²) in [6.45, 7) is 5.01. The van der Waals surface area contributed by atoms with Gasteiger partial charge in [0.05, 0.1) is 19.0 Å². The fourth-order valence-corrected chi connectivity index (χ4v) is 6.88. The second-order valence-electron chi connectivity index (χ2n) is 11.8. The van der Waals surface area contributed by atoms with Gasteiger partial charge in [-0.05, 0) is 97.0 Å². The number of likely N-dealkylation sites (tertiary alicyclic amines) is 1. The molecular weight excluding hydrogens is 570 g/mol. The van der Waals surface area contributed by atoms with Crippen LogP contribution < -0.4 is 9.47 Å². The molecule has 1 saturated heterocycles. The number of fused-ring (bicyclic) bond motifs is 1. The van der Waals surface area contributed by atoms with Crippen LogP contribution >= 0.6 is 0 Å². The van der Waals surface area contributed by atoms with E-state index in [1.807, 2.05) is 24.3 Å². The summed E-state index contributed by atoms with van der Waals surface area (Å²) in [6, 6.07) is 20.7. The summed E-state index contributed by atoms with van der Waals surface area (Å²) < 4.78 is 13.6. The number of carboxylic acids is 1. The van der Waals surface area contributed by atoms with Gasteiger partial charge >= 0.3 is 5.97 Å². The van der Waals surface area contributed by atoms with Crippen LogP contribution in [0.4, 0.5) is 0 Å². The molecule has 0 radical (unpaired) electrons. The van der Waals surface area contributed by atoms with Gasteiger partial charge in [0.25, 0.3) is 5.91 Å². The molecule has 0 unspecified atom stereocenters. The summed E-state index contributed by atoms with van der Waals surface area (Å²) >= 11 is 0. The molecule has 0 bridgehead atoms. The van der Waals surface area contributed by atoms with Crippen molar-refractivity contribution in [2.24, 2.45) is 0 Å². The van der Waals surface area contributed by atoms with Crippen molar-refractivity contribution in [3.63, 3.8) is 0 Å². The number of aromatic carboxylic acids is 1. The fourth-order valence-electron chi connectivity index (χ4n) is 6.88. The smallest absolute Gasteiger partial charge is 0.342 e. The fraction of sp³-hybridized carbons (Fsp3) is 0.361. The molecule has 1 amide bonds. The summed E-state index contributed by atoms with van der Waals surface area (Å²) in [5.74, 6) is 0.112. The molecular formula is C36H39N3O6. The number of carbonyl (C=O) groups is 2. The maximum absolute atomic E-state index is 12.2. The average Bonchev–Trinajstić information content (AvgIpc) is 3.69. The number of hydrogen-bond donors (Lipinski definition) is 2. The highest BCUT2D eigenvalue weighted by Crippen LogP contribution is 2.42. The zero-order chi connectivity index (χ0) is 31.7. The standard InChI is InChI=1S/C36H39N3O6/c1-4-23-20-28(12-13-29(23)24-15-17-38(18-16-24)34(41)22(2)40)45-32-14-11-25-7-6-10-30(33(25)32)26-8-5-9-27(19-26)39-35(44-3)31(21-37-39)36(42)43/h5-10,12-13,19-22,24,32,40H,4,11,14-18H2,1-3H3,(H,42,43)/t22-,32-/m0/s1. The van der Waals surface area contributed by atoms with E-state index in [1.165, 1.54) is 47.2 Å². The Hall–Kier alpha value is -4.63. The number of carbonyl (C=O) groups excluding carboxylic acids is 1. The lowest BCUT2D eigenvalue weighted by Gasteiger charge is -2.33. The van der Waals surface area contributed by atoms with Crippen LogP contribution in [-0.2, 0) is 17.6 Å². The van der Waals surface area contributed by atoms with Gasteiger partial charge in [0.1, 0.15) is 23.5 Å². The normalized spacial score (nSPS) is 17.2. The minimum atomic E-state index is -1.09. The van der Waals surface area contributed by atoms with Crippen LogP contribution in [0.15, 0.2) is 66.9 Å². The van der Waals surface area contributed by atoms with Crippen LogP contribution in [0.3, 0.4) is 0 Å². The summed E-state index contributed by atoms with van der Waals surface area (Å²) in [5.41, 5.74) is 7.79. The van der Waals surface area contributed by atoms with Crippen molar-refractivity contribution in [2.75, 3.05) is 20.2 Å². The van der Waals surface area contributed by atoms with Crippen LogP contribution in [0.25, 0.3) is 16.8 Å². The Balaban J connectivity index is 1.24. The minimum absolute atomic E-state index is 0.00586. The van der Waals surface area contributed by atoms with Gasteiger partial charge in [-0.15, -0.1) is 0 Å². The molecule has 9 nitrogen and oxygen atoms in total. The van der Waals surface area contributed by atoms with E-state index in [9.17, 15) is 19.8 Å². The molecule has 9 heteroatoms. The number of nitrogens with zero attached hydrogens (tertiary/aromatic N) is 3. The number of aromatic nitrogens is 2. The van der Waals surface area contributed by atoms with Gasteiger partial charge < -0.3 is 24.6 Å². The number of aliphatic hydroxyl groups is 1. The topological polar surface area (TPSA) is 114 Å². The predicted molar refractivity (Wildman–Crippen MR) is 170 cm³/mol. The van der Waals surface area contributed by atoms with E-state index in [1.54, 1.807) is 4.90 Å². The van der Waals surface area contributed by atoms with Crippen LogP contribution in [0.2, 0.25) is 0 Å². The van der Waals surface area contributed by atoms with E-state index in [0.29, 0.717) is 24.7 Å². The lowest BCUT2D eigenvalue weighted by Crippen LogP contribution is -2.42. The van der Waals surface area contributed by atoms with Gasteiger partial charge in [0.2, 0.25) is 5.88 Å². The molecule has 45 heavy (non-hydrogen) atoms. The van der Waals surface area contributed by atoms with Crippen molar-refractivity contribution < 1.29 is 29.3 Å². The SMILES string of the molecule is CCc1cc(O[C@H]2CCc3cccc(-c4cccc(-n5ncc(C(=O)O)c5OC)c4)c32)ccc1C1CCN(C(=O)[C@H](C)O)CC1. The summed E-state index contributed by atoms with van der Waals surface area (Å²) in [5, 5.41) is 23.5. The average molecular weight is 610 g/mol. The Morgan fingerprint density at radius 3 is 2.53 bits per heavy atom. The Labute approximate surface area is 263 Å². The number of benzene rings is 3. The molecule has 1 aliphatic heterocycles. The number of methoxy groups -OCH3 is 1. The molecule has 3 aromatic carbocycles. The first-order chi connectivity index (χ1) is 21.8. The number of aliphatic hydroxyl groups excluding tert-OH is 1. The Morgan fingerprint density at radius 2 is 1.82 bits per heavy atom. The zero-order valence-electron chi connectivity index (χ0n) is 25.9. The van der Waals surface area contributed by atoms with E-state index >= 15 is 0 Å². The van der Waals surface area contributed by atoms with Crippen LogP contribution in [0.5, 0.6) is 11.6 Å². The molecule has 234 valence electrons. The molecule has 1 aromatic heterocycles. The van der Waals surface area contributed by atoms with Crippen molar-refractivity contribution in [1.82, 2.24) is 14.7 Å². The zero-order valence-corrected chi connectivity index (χ0v) is 25.9. The van der Waals surface area contributed by atoms with Crippen LogP contribution in [0, 0.1) is 0 Å². The van der Waals surface area contributed by atoms with E-state index in [-0.39, 0.29) is 23.5 Å². The molecule has 2 aliphatic rings. The third-order valence-corrected chi connectivity index (χ3v) is 9.12. The highest BCUT2D eigenvalue weighted by Gasteiger charge is 2.30. The van der Waals surface area contributed by atoms with E-state index in [0.717, 1.165) is 49.0 Å². The lowest BCUT2D eigenvalue weighted by atomic mass is 9.85. The predicted octanol–water partition coefficient (Wildman–Crippen LogP) is 5.96. The quantitative estimate of drug-likeness (QED) is 0.241. The van der Waals surface area contributed by atoms with Crippen molar-refractivity contribution in [3.8, 4) is 28.4 Å². The van der Waals surface area contributed by atoms with Crippen LogP contribution in [-0.4, -0.2) is 63.1 Å². The van der Waals surface area contributed by atoms with E-state index in [2.05, 4.69) is 48.4 Å². The number of aryl methyl sites for hydroxylation is 2. The molecule has 6 rings (SSSR count). The molecule has 4 aromatic rings. The molecule has 2 atom stereocenters. The third-order valence-electron chi connectivity index (χ3n) is 9.12. The van der Waals surface area contributed by atoms with Gasteiger partial charge in [0.15, 0.2) is 0 Å². The first-order valence-corrected chi connectivity index (χ1v) is 15.6. The number of hydrogen-bond acceptors (Lipinski definition) is 6. The largest absolute Gasteiger partial charge is 0.486 e. The molecule has 2 heterocycles. The highest BCUT2D eigenvalue weighted by molar-refractivity contribution is 5.90. The molecule has 0 saturated carbocycles. The third kappa shape index (κ3) is 5.92. The van der Waals surface area contributed by atoms with Crippen molar-refractivity contribution in [1.29, 1.82) is 0 Å². The van der Waals surface area contributed by atoms with Gasteiger partial charge in [0, 0.05) is 18.7 Å². The van der Waals surface area contributed by atoms with Crippen molar-refractivity contribution >= 4 is 11.9 Å².